The summed E-state index contributed by atoms with van der Waals surface area (Å²) in [5.74, 6) is -0.133. The number of rotatable bonds is 6. The fourth-order valence-corrected chi connectivity index (χ4v) is 8.51. The third kappa shape index (κ3) is 5.04. The summed E-state index contributed by atoms with van der Waals surface area (Å²) in [5, 5.41) is 13.8. The number of thiophene rings is 1. The van der Waals surface area contributed by atoms with Crippen LogP contribution in [0.2, 0.25) is 0 Å². The first kappa shape index (κ1) is 28.9. The predicted octanol–water partition coefficient (Wildman–Crippen LogP) is 5.73. The Morgan fingerprint density at radius 1 is 1.05 bits per heavy atom. The normalized spacial score (nSPS) is 18.4. The maximum atomic E-state index is 15.3. The number of halogens is 1. The van der Waals surface area contributed by atoms with E-state index in [1.807, 2.05) is 18.3 Å². The highest BCUT2D eigenvalue weighted by molar-refractivity contribution is 7.14. The van der Waals surface area contributed by atoms with E-state index in [9.17, 15) is 14.7 Å². The van der Waals surface area contributed by atoms with E-state index in [-0.39, 0.29) is 17.2 Å². The number of hydrogen-bond acceptors (Lipinski definition) is 7. The lowest BCUT2D eigenvalue weighted by atomic mass is 9.91. The number of aliphatic hydroxyl groups is 1. The van der Waals surface area contributed by atoms with E-state index >= 15 is 4.39 Å². The number of aliphatic hydroxyl groups excluding tert-OH is 1. The van der Waals surface area contributed by atoms with Gasteiger partial charge in [0.15, 0.2) is 0 Å². The minimum absolute atomic E-state index is 0.141. The van der Waals surface area contributed by atoms with E-state index in [2.05, 4.69) is 22.2 Å². The molecule has 2 aliphatic heterocycles. The molecule has 228 valence electrons. The van der Waals surface area contributed by atoms with Gasteiger partial charge >= 0.3 is 0 Å². The molecule has 3 aromatic heterocycles. The summed E-state index contributed by atoms with van der Waals surface area (Å²) < 4.78 is 16.7. The molecule has 1 aromatic carbocycles. The summed E-state index contributed by atoms with van der Waals surface area (Å²) in [6.45, 7) is 1.09. The van der Waals surface area contributed by atoms with Gasteiger partial charge in [0.25, 0.3) is 11.5 Å². The highest BCUT2D eigenvalue weighted by Gasteiger charge is 2.33. The highest BCUT2D eigenvalue weighted by atomic mass is 32.1. The van der Waals surface area contributed by atoms with E-state index < -0.39 is 12.4 Å². The van der Waals surface area contributed by atoms with Crippen molar-refractivity contribution in [2.75, 3.05) is 30.4 Å². The number of fused-ring (bicyclic) bond motifs is 3. The molecule has 1 saturated heterocycles. The molecule has 1 amide bonds. The molecule has 5 heterocycles. The molecular weight excluding hydrogens is 577 g/mol. The summed E-state index contributed by atoms with van der Waals surface area (Å²) in [6.07, 6.45) is 10.7. The summed E-state index contributed by atoms with van der Waals surface area (Å²) in [5.41, 5.74) is 5.42. The fraction of sp³-hybridized carbons (Fsp3) is 0.382. The maximum Gasteiger partial charge on any atom is 0.274 e. The number of benzene rings is 1. The van der Waals surface area contributed by atoms with E-state index in [1.165, 1.54) is 27.1 Å². The van der Waals surface area contributed by atoms with Gasteiger partial charge in [0.2, 0.25) is 0 Å². The molecule has 1 fully saturated rings. The van der Waals surface area contributed by atoms with Crippen LogP contribution in [0.15, 0.2) is 47.5 Å². The topological polar surface area (TPSA) is 90.7 Å². The Balaban J connectivity index is 1.23. The van der Waals surface area contributed by atoms with Crippen molar-refractivity contribution in [1.29, 1.82) is 0 Å². The Bertz CT molecular complexity index is 1820. The van der Waals surface area contributed by atoms with Crippen molar-refractivity contribution in [2.24, 2.45) is 7.05 Å². The lowest BCUT2D eigenvalue weighted by Crippen LogP contribution is -2.37. The lowest BCUT2D eigenvalue weighted by molar-refractivity contribution is 0.0984. The van der Waals surface area contributed by atoms with Gasteiger partial charge in [-0.15, -0.1) is 11.3 Å². The van der Waals surface area contributed by atoms with E-state index in [0.717, 1.165) is 61.1 Å². The molecular formula is C34H36FN5O3S. The number of aromatic nitrogens is 2. The Morgan fingerprint density at radius 3 is 2.64 bits per heavy atom. The average molecular weight is 614 g/mol. The van der Waals surface area contributed by atoms with Crippen molar-refractivity contribution in [3.63, 3.8) is 0 Å². The average Bonchev–Trinajstić information content (AvgIpc) is 3.63. The van der Waals surface area contributed by atoms with Gasteiger partial charge in [-0.05, 0) is 105 Å². The minimum Gasteiger partial charge on any atom is -0.392 e. The predicted molar refractivity (Wildman–Crippen MR) is 171 cm³/mol. The number of hydrogen-bond donors (Lipinski definition) is 2. The number of amides is 1. The van der Waals surface area contributed by atoms with Crippen molar-refractivity contribution >= 4 is 34.4 Å². The molecule has 2 N–H and O–H groups in total. The van der Waals surface area contributed by atoms with Gasteiger partial charge in [-0.25, -0.2) is 9.37 Å². The molecule has 8 nitrogen and oxygen atoms in total. The van der Waals surface area contributed by atoms with Crippen LogP contribution in [0.1, 0.15) is 68.5 Å². The molecule has 0 spiro atoms. The summed E-state index contributed by atoms with van der Waals surface area (Å²) in [4.78, 5) is 37.5. The molecule has 10 heteroatoms. The molecule has 44 heavy (non-hydrogen) atoms. The van der Waals surface area contributed by atoms with E-state index in [4.69, 9.17) is 0 Å². The Hall–Kier alpha value is -3.86. The highest BCUT2D eigenvalue weighted by Crippen LogP contribution is 2.41. The second kappa shape index (κ2) is 11.6. The SMILES string of the molecule is CN1CCC[C@@H]1c1ccc(Nc2cc(-c3cc(F)cc(N4CCc5c(sc6c5CCCC6)C4=O)c3CO)cn(C)c2=O)nc1. The molecule has 7 rings (SSSR count). The second-order valence-electron chi connectivity index (χ2n) is 12.1. The molecule has 0 radical (unpaired) electrons. The van der Waals surface area contributed by atoms with Crippen LogP contribution in [0, 0.1) is 5.82 Å². The molecule has 0 unspecified atom stereocenters. The lowest BCUT2D eigenvalue weighted by Gasteiger charge is -2.30. The van der Waals surface area contributed by atoms with Gasteiger partial charge < -0.3 is 19.9 Å². The van der Waals surface area contributed by atoms with Gasteiger partial charge in [0.1, 0.15) is 17.3 Å². The molecule has 1 atom stereocenters. The maximum absolute atomic E-state index is 15.3. The number of likely N-dealkylation sites (tertiary alicyclic amines) is 1. The largest absolute Gasteiger partial charge is 0.392 e. The number of carbonyl (C=O) groups excluding carboxylic acids is 1. The first-order chi connectivity index (χ1) is 21.3. The van der Waals surface area contributed by atoms with Gasteiger partial charge in [-0.2, -0.15) is 0 Å². The van der Waals surface area contributed by atoms with Crippen LogP contribution in [0.4, 0.5) is 21.6 Å². The van der Waals surface area contributed by atoms with E-state index in [0.29, 0.717) is 47.2 Å². The zero-order valence-electron chi connectivity index (χ0n) is 25.0. The van der Waals surface area contributed by atoms with Gasteiger partial charge in [-0.3, -0.25) is 14.5 Å². The minimum atomic E-state index is -0.520. The summed E-state index contributed by atoms with van der Waals surface area (Å²) in [6, 6.07) is 8.59. The Kier molecular flexibility index (Phi) is 7.60. The number of nitrogens with one attached hydrogen (secondary N) is 1. The standard InChI is InChI=1S/C34H36FN5O3S/c1-38-12-5-7-28(38)20-9-10-31(36-17-20)37-27-14-21(18-39(2)33(27)42)25-15-22(35)16-29(26(25)19-41)40-13-11-24-23-6-3-4-8-30(23)44-32(24)34(40)43/h9-10,14-18,28,41H,3-8,11-13,19H2,1-2H3,(H,36,37)/t28-/m1/s1. The quantitative estimate of drug-likeness (QED) is 0.289. The zero-order chi connectivity index (χ0) is 30.5. The second-order valence-corrected chi connectivity index (χ2v) is 13.2. The fourth-order valence-electron chi connectivity index (χ4n) is 7.13. The van der Waals surface area contributed by atoms with Gasteiger partial charge in [-0.1, -0.05) is 6.07 Å². The smallest absolute Gasteiger partial charge is 0.274 e. The molecule has 4 aromatic rings. The summed E-state index contributed by atoms with van der Waals surface area (Å²) in [7, 11) is 3.75. The molecule has 1 aliphatic carbocycles. The van der Waals surface area contributed by atoms with Crippen LogP contribution in [-0.2, 0) is 32.9 Å². The van der Waals surface area contributed by atoms with Crippen LogP contribution >= 0.6 is 11.3 Å². The van der Waals surface area contributed by atoms with Crippen molar-refractivity contribution < 1.29 is 14.3 Å². The zero-order valence-corrected chi connectivity index (χ0v) is 25.8. The number of pyridine rings is 2. The molecule has 0 bridgehead atoms. The molecule has 0 saturated carbocycles. The van der Waals surface area contributed by atoms with Crippen LogP contribution in [-0.4, -0.2) is 45.6 Å². The number of carbonyl (C=O) groups is 1. The summed E-state index contributed by atoms with van der Waals surface area (Å²) >= 11 is 1.57. The number of aryl methyl sites for hydroxylation is 2. The van der Waals surface area contributed by atoms with Gasteiger partial charge in [0, 0.05) is 48.0 Å². The third-order valence-corrected chi connectivity index (χ3v) is 10.7. The van der Waals surface area contributed by atoms with Crippen LogP contribution in [0.25, 0.3) is 11.1 Å². The van der Waals surface area contributed by atoms with Crippen LogP contribution in [0.3, 0.4) is 0 Å². The Labute approximate surface area is 259 Å². The van der Waals surface area contributed by atoms with Crippen molar-refractivity contribution in [3.8, 4) is 11.1 Å². The van der Waals surface area contributed by atoms with Gasteiger partial charge in [0.05, 0.1) is 17.2 Å². The van der Waals surface area contributed by atoms with Crippen LogP contribution < -0.4 is 15.8 Å². The van der Waals surface area contributed by atoms with E-state index in [1.54, 1.807) is 35.5 Å². The van der Waals surface area contributed by atoms with Crippen molar-refractivity contribution in [1.82, 2.24) is 14.5 Å². The number of anilines is 3. The Morgan fingerprint density at radius 2 is 1.89 bits per heavy atom. The molecule has 3 aliphatic rings. The number of nitrogens with zero attached hydrogens (tertiary/aromatic N) is 4. The monoisotopic (exact) mass is 613 g/mol. The first-order valence-electron chi connectivity index (χ1n) is 15.3. The van der Waals surface area contributed by atoms with Crippen molar-refractivity contribution in [2.45, 2.75) is 57.6 Å². The first-order valence-corrected chi connectivity index (χ1v) is 16.2. The van der Waals surface area contributed by atoms with Crippen molar-refractivity contribution in [3.05, 3.63) is 90.9 Å². The third-order valence-electron chi connectivity index (χ3n) is 9.39. The van der Waals surface area contributed by atoms with Crippen LogP contribution in [0.5, 0.6) is 0 Å².